The molecule has 0 aliphatic carbocycles. The third-order valence-electron chi connectivity index (χ3n) is 3.73. The lowest BCUT2D eigenvalue weighted by Gasteiger charge is -2.10. The van der Waals surface area contributed by atoms with Crippen LogP contribution in [0.5, 0.6) is 5.88 Å². The van der Waals surface area contributed by atoms with Crippen molar-refractivity contribution in [1.29, 1.82) is 0 Å². The summed E-state index contributed by atoms with van der Waals surface area (Å²) in [5.41, 5.74) is 6.49. The van der Waals surface area contributed by atoms with Crippen molar-refractivity contribution >= 4 is 33.3 Å². The van der Waals surface area contributed by atoms with Gasteiger partial charge >= 0.3 is 0 Å². The fourth-order valence-electron chi connectivity index (χ4n) is 2.42. The van der Waals surface area contributed by atoms with Crippen molar-refractivity contribution in [3.8, 4) is 17.1 Å². The first kappa shape index (κ1) is 21.5. The molecule has 11 heteroatoms. The number of carbonyl (C=O) groups excluding carboxylic acids is 1. The lowest BCUT2D eigenvalue weighted by Crippen LogP contribution is -2.31. The van der Waals surface area contributed by atoms with Crippen LogP contribution in [0.3, 0.4) is 0 Å². The minimum absolute atomic E-state index is 0.00692. The molecule has 0 fully saturated rings. The molecule has 0 aliphatic rings. The van der Waals surface area contributed by atoms with Crippen molar-refractivity contribution in [2.45, 2.75) is 25.0 Å². The topological polar surface area (TPSA) is 137 Å². The summed E-state index contributed by atoms with van der Waals surface area (Å²) in [5, 5.41) is -0.547. The van der Waals surface area contributed by atoms with Crippen molar-refractivity contribution in [2.75, 3.05) is 5.73 Å². The fraction of sp³-hybridized carbons (Fsp3) is 0.158. The van der Waals surface area contributed by atoms with Crippen molar-refractivity contribution in [2.24, 2.45) is 0 Å². The van der Waals surface area contributed by atoms with E-state index in [2.05, 4.69) is 15.0 Å². The van der Waals surface area contributed by atoms with E-state index < -0.39 is 15.9 Å². The van der Waals surface area contributed by atoms with Crippen LogP contribution >= 0.6 is 11.6 Å². The molecule has 0 atom stereocenters. The van der Waals surface area contributed by atoms with Gasteiger partial charge in [0.1, 0.15) is 11.0 Å². The number of anilines is 1. The van der Waals surface area contributed by atoms with Gasteiger partial charge in [-0.05, 0) is 44.2 Å². The second-order valence-corrected chi connectivity index (χ2v) is 8.41. The molecule has 3 aromatic rings. The van der Waals surface area contributed by atoms with E-state index in [1.807, 2.05) is 18.6 Å². The number of nitrogens with zero attached hydrogens (tertiary/aromatic N) is 3. The van der Waals surface area contributed by atoms with E-state index in [4.69, 9.17) is 22.1 Å². The Hall–Kier alpha value is -3.24. The van der Waals surface area contributed by atoms with E-state index in [9.17, 15) is 13.2 Å². The lowest BCUT2D eigenvalue weighted by atomic mass is 10.1. The van der Waals surface area contributed by atoms with E-state index in [0.29, 0.717) is 17.1 Å². The van der Waals surface area contributed by atoms with Gasteiger partial charge < -0.3 is 10.5 Å². The zero-order valence-electron chi connectivity index (χ0n) is 16.0. The summed E-state index contributed by atoms with van der Waals surface area (Å²) in [5.74, 6) is -0.467. The smallest absolute Gasteiger partial charge is 0.281 e. The molecule has 3 aromatic heterocycles. The zero-order chi connectivity index (χ0) is 21.9. The SMILES string of the molecule is CC(C)Oc1ccc(-c2ccc(C(=O)NS(=O)(=O)c3cccc(N)n3)c(Cl)n2)cn1. The van der Waals surface area contributed by atoms with Crippen molar-refractivity contribution in [3.63, 3.8) is 0 Å². The Kier molecular flexibility index (Phi) is 6.18. The Morgan fingerprint density at radius 3 is 2.50 bits per heavy atom. The molecule has 0 aromatic carbocycles. The Morgan fingerprint density at radius 2 is 1.90 bits per heavy atom. The normalized spacial score (nSPS) is 11.3. The highest BCUT2D eigenvalue weighted by Crippen LogP contribution is 2.23. The highest BCUT2D eigenvalue weighted by Gasteiger charge is 2.22. The predicted octanol–water partition coefficient (Wildman–Crippen LogP) is 2.68. The van der Waals surface area contributed by atoms with Crippen LogP contribution in [0.15, 0.2) is 53.7 Å². The molecule has 30 heavy (non-hydrogen) atoms. The quantitative estimate of drug-likeness (QED) is 0.550. The van der Waals surface area contributed by atoms with Crippen LogP contribution in [-0.4, -0.2) is 35.4 Å². The number of nitrogens with one attached hydrogen (secondary N) is 1. The number of halogens is 1. The highest BCUT2D eigenvalue weighted by atomic mass is 35.5. The molecule has 1 amide bonds. The third-order valence-corrected chi connectivity index (χ3v) is 5.25. The van der Waals surface area contributed by atoms with Crippen LogP contribution < -0.4 is 15.2 Å². The van der Waals surface area contributed by atoms with Crippen LogP contribution in [0.2, 0.25) is 5.15 Å². The second-order valence-electron chi connectivity index (χ2n) is 6.42. The van der Waals surface area contributed by atoms with E-state index in [1.54, 1.807) is 18.3 Å². The van der Waals surface area contributed by atoms with Gasteiger partial charge in [0.2, 0.25) is 5.88 Å². The molecule has 0 saturated carbocycles. The van der Waals surface area contributed by atoms with Gasteiger partial charge in [0.15, 0.2) is 5.03 Å². The number of nitrogens with two attached hydrogens (primary N) is 1. The summed E-state index contributed by atoms with van der Waals surface area (Å²) >= 11 is 6.13. The molecule has 9 nitrogen and oxygen atoms in total. The van der Waals surface area contributed by atoms with Crippen LogP contribution in [0.4, 0.5) is 5.82 Å². The minimum Gasteiger partial charge on any atom is -0.475 e. The maximum Gasteiger partial charge on any atom is 0.281 e. The Labute approximate surface area is 178 Å². The molecular formula is C19H18ClN5O4S. The van der Waals surface area contributed by atoms with Gasteiger partial charge in [-0.25, -0.2) is 19.7 Å². The van der Waals surface area contributed by atoms with E-state index in [0.717, 1.165) is 0 Å². The molecule has 0 radical (unpaired) electrons. The van der Waals surface area contributed by atoms with Gasteiger partial charge in [0, 0.05) is 17.8 Å². The number of carbonyl (C=O) groups is 1. The Balaban J connectivity index is 1.80. The van der Waals surface area contributed by atoms with E-state index >= 15 is 0 Å². The second kappa shape index (κ2) is 8.64. The number of hydrogen-bond donors (Lipinski definition) is 2. The van der Waals surface area contributed by atoms with Crippen molar-refractivity contribution < 1.29 is 17.9 Å². The number of sulfonamides is 1. The molecule has 0 saturated heterocycles. The molecular weight excluding hydrogens is 430 g/mol. The third kappa shape index (κ3) is 5.02. The first-order valence-electron chi connectivity index (χ1n) is 8.75. The number of hydrogen-bond acceptors (Lipinski definition) is 8. The molecule has 0 aliphatic heterocycles. The first-order valence-corrected chi connectivity index (χ1v) is 10.6. The minimum atomic E-state index is -4.22. The molecule has 0 spiro atoms. The molecule has 156 valence electrons. The van der Waals surface area contributed by atoms with Gasteiger partial charge in [-0.3, -0.25) is 4.79 Å². The van der Waals surface area contributed by atoms with Crippen LogP contribution in [0.1, 0.15) is 24.2 Å². The summed E-state index contributed by atoms with van der Waals surface area (Å²) < 4.78 is 32.1. The maximum atomic E-state index is 12.4. The molecule has 3 rings (SSSR count). The lowest BCUT2D eigenvalue weighted by molar-refractivity contribution is 0.0981. The number of rotatable bonds is 6. The predicted molar refractivity (Wildman–Crippen MR) is 112 cm³/mol. The van der Waals surface area contributed by atoms with Crippen molar-refractivity contribution in [3.05, 3.63) is 59.4 Å². The molecule has 0 bridgehead atoms. The monoisotopic (exact) mass is 447 g/mol. The number of nitrogen functional groups attached to an aromatic ring is 1. The van der Waals surface area contributed by atoms with E-state index in [-0.39, 0.29) is 27.7 Å². The Bertz CT molecular complexity index is 1180. The van der Waals surface area contributed by atoms with E-state index in [1.165, 1.54) is 30.3 Å². The van der Waals surface area contributed by atoms with Gasteiger partial charge in [-0.2, -0.15) is 8.42 Å². The summed E-state index contributed by atoms with van der Waals surface area (Å²) in [6.45, 7) is 3.79. The van der Waals surface area contributed by atoms with Gasteiger partial charge in [-0.15, -0.1) is 0 Å². The number of pyridine rings is 3. The fourth-order valence-corrected chi connectivity index (χ4v) is 3.60. The highest BCUT2D eigenvalue weighted by molar-refractivity contribution is 7.90. The largest absolute Gasteiger partial charge is 0.475 e. The number of ether oxygens (including phenoxy) is 1. The summed E-state index contributed by atoms with van der Waals surface area (Å²) in [7, 11) is -4.22. The molecule has 3 heterocycles. The van der Waals surface area contributed by atoms with Crippen molar-refractivity contribution in [1.82, 2.24) is 19.7 Å². The molecule has 0 unspecified atom stereocenters. The summed E-state index contributed by atoms with van der Waals surface area (Å²) in [6.07, 6.45) is 1.55. The first-order chi connectivity index (χ1) is 14.2. The van der Waals surface area contributed by atoms with Gasteiger partial charge in [0.05, 0.1) is 17.4 Å². The average molecular weight is 448 g/mol. The van der Waals surface area contributed by atoms with Gasteiger partial charge in [0.25, 0.3) is 15.9 Å². The Morgan fingerprint density at radius 1 is 1.13 bits per heavy atom. The van der Waals surface area contributed by atoms with Crippen LogP contribution in [0, 0.1) is 0 Å². The maximum absolute atomic E-state index is 12.4. The number of amides is 1. The number of aromatic nitrogens is 3. The van der Waals surface area contributed by atoms with Gasteiger partial charge in [-0.1, -0.05) is 17.7 Å². The standard InChI is InChI=1S/C19H18ClN5O4S/c1-11(2)29-16-9-6-12(10-22-16)14-8-7-13(18(20)23-14)19(26)25-30(27,28)17-5-3-4-15(21)24-17/h3-11H,1-2H3,(H2,21,24)(H,25,26). The zero-order valence-corrected chi connectivity index (χ0v) is 17.6. The van der Waals surface area contributed by atoms with Crippen LogP contribution in [0.25, 0.3) is 11.3 Å². The summed E-state index contributed by atoms with van der Waals surface area (Å²) in [6, 6.07) is 10.4. The summed E-state index contributed by atoms with van der Waals surface area (Å²) in [4.78, 5) is 24.5. The van der Waals surface area contributed by atoms with Crippen LogP contribution in [-0.2, 0) is 10.0 Å². The average Bonchev–Trinajstić information content (AvgIpc) is 2.67. The molecule has 3 N–H and O–H groups in total.